The minimum absolute atomic E-state index is 0.226. The molecule has 1 aromatic rings. The van der Waals surface area contributed by atoms with Crippen molar-refractivity contribution >= 4 is 11.8 Å². The van der Waals surface area contributed by atoms with E-state index in [9.17, 15) is 14.7 Å². The van der Waals surface area contributed by atoms with Crippen LogP contribution in [-0.4, -0.2) is 60.9 Å². The maximum Gasteiger partial charge on any atom is 0.261 e. The second-order valence-electron chi connectivity index (χ2n) is 5.06. The van der Waals surface area contributed by atoms with Crippen molar-refractivity contribution in [3.8, 4) is 0 Å². The Bertz CT molecular complexity index is 496. The van der Waals surface area contributed by atoms with Crippen LogP contribution in [0.1, 0.15) is 34.1 Å². The highest BCUT2D eigenvalue weighted by atomic mass is 16.5. The predicted octanol–water partition coefficient (Wildman–Crippen LogP) is 1.09. The second kappa shape index (κ2) is 8.03. The Hall–Kier alpha value is -1.76. The summed E-state index contributed by atoms with van der Waals surface area (Å²) in [7, 11) is 0. The molecule has 6 nitrogen and oxygen atoms in total. The number of carbonyl (C=O) groups excluding carboxylic acids is 2. The summed E-state index contributed by atoms with van der Waals surface area (Å²) in [5.41, 5.74) is 0.897. The molecule has 0 bridgehead atoms. The number of fused-ring (bicyclic) bond motifs is 1. The number of imide groups is 1. The van der Waals surface area contributed by atoms with Gasteiger partial charge in [-0.25, -0.2) is 0 Å². The Morgan fingerprint density at radius 3 is 2.23 bits per heavy atom. The minimum atomic E-state index is -0.446. The van der Waals surface area contributed by atoms with Gasteiger partial charge in [0.05, 0.1) is 50.2 Å². The number of ether oxygens (including phenoxy) is 2. The van der Waals surface area contributed by atoms with Gasteiger partial charge in [0, 0.05) is 0 Å². The summed E-state index contributed by atoms with van der Waals surface area (Å²) in [6, 6.07) is 6.80. The summed E-state index contributed by atoms with van der Waals surface area (Å²) in [6.45, 7) is 3.40. The molecule has 120 valence electrons. The molecule has 1 aliphatic rings. The van der Waals surface area contributed by atoms with Gasteiger partial charge in [-0.15, -0.1) is 0 Å². The molecular formula is C16H21NO5. The van der Waals surface area contributed by atoms with Gasteiger partial charge in [0.15, 0.2) is 0 Å². The van der Waals surface area contributed by atoms with Crippen LogP contribution in [0.15, 0.2) is 24.3 Å². The number of aliphatic hydroxyl groups is 1. The number of hydrogen-bond donors (Lipinski definition) is 1. The van der Waals surface area contributed by atoms with Crippen molar-refractivity contribution in [2.75, 3.05) is 33.0 Å². The van der Waals surface area contributed by atoms with Crippen molar-refractivity contribution in [2.24, 2.45) is 0 Å². The van der Waals surface area contributed by atoms with E-state index in [1.165, 1.54) is 4.90 Å². The zero-order valence-electron chi connectivity index (χ0n) is 12.7. The molecule has 1 atom stereocenters. The predicted molar refractivity (Wildman–Crippen MR) is 79.7 cm³/mol. The Labute approximate surface area is 129 Å². The first-order chi connectivity index (χ1) is 10.6. The summed E-state index contributed by atoms with van der Waals surface area (Å²) >= 11 is 0. The molecule has 0 aliphatic carbocycles. The molecule has 1 N–H and O–H groups in total. The highest BCUT2D eigenvalue weighted by Crippen LogP contribution is 2.21. The SMILES string of the molecule is CCC(O)COCCOCCN1C(=O)c2ccccc2C1=O. The number of carbonyl (C=O) groups is 2. The quantitative estimate of drug-likeness (QED) is 0.546. The standard InChI is InChI=1S/C16H21NO5/c1-2-12(18)11-22-10-9-21-8-7-17-15(19)13-5-3-4-6-14(13)16(17)20/h3-6,12,18H,2,7-11H2,1H3. The average molecular weight is 307 g/mol. The third kappa shape index (κ3) is 3.91. The highest BCUT2D eigenvalue weighted by molar-refractivity contribution is 6.21. The lowest BCUT2D eigenvalue weighted by Gasteiger charge is -2.14. The minimum Gasteiger partial charge on any atom is -0.391 e. The second-order valence-corrected chi connectivity index (χ2v) is 5.06. The fraction of sp³-hybridized carbons (Fsp3) is 0.500. The van der Waals surface area contributed by atoms with Crippen LogP contribution in [-0.2, 0) is 9.47 Å². The van der Waals surface area contributed by atoms with E-state index < -0.39 is 6.10 Å². The van der Waals surface area contributed by atoms with E-state index in [-0.39, 0.29) is 31.6 Å². The monoisotopic (exact) mass is 307 g/mol. The first kappa shape index (κ1) is 16.6. The Morgan fingerprint density at radius 2 is 1.64 bits per heavy atom. The smallest absolute Gasteiger partial charge is 0.261 e. The van der Waals surface area contributed by atoms with Gasteiger partial charge in [-0.05, 0) is 18.6 Å². The van der Waals surface area contributed by atoms with Crippen molar-refractivity contribution in [3.63, 3.8) is 0 Å². The van der Waals surface area contributed by atoms with E-state index in [4.69, 9.17) is 9.47 Å². The van der Waals surface area contributed by atoms with Crippen molar-refractivity contribution < 1.29 is 24.2 Å². The third-order valence-corrected chi connectivity index (χ3v) is 3.49. The van der Waals surface area contributed by atoms with Gasteiger partial charge in [0.2, 0.25) is 0 Å². The van der Waals surface area contributed by atoms with E-state index in [2.05, 4.69) is 0 Å². The van der Waals surface area contributed by atoms with E-state index in [0.717, 1.165) is 0 Å². The summed E-state index contributed by atoms with van der Waals surface area (Å²) in [5, 5.41) is 9.30. The van der Waals surface area contributed by atoms with Crippen molar-refractivity contribution in [1.82, 2.24) is 4.90 Å². The van der Waals surface area contributed by atoms with Crippen LogP contribution >= 0.6 is 0 Å². The molecule has 0 spiro atoms. The first-order valence-electron chi connectivity index (χ1n) is 7.44. The molecular weight excluding hydrogens is 286 g/mol. The van der Waals surface area contributed by atoms with Crippen LogP contribution in [0, 0.1) is 0 Å². The zero-order chi connectivity index (χ0) is 15.9. The molecule has 1 heterocycles. The number of amides is 2. The molecule has 1 aliphatic heterocycles. The van der Waals surface area contributed by atoms with Crippen molar-refractivity contribution in [1.29, 1.82) is 0 Å². The fourth-order valence-electron chi connectivity index (χ4n) is 2.16. The van der Waals surface area contributed by atoms with Gasteiger partial charge in [-0.1, -0.05) is 19.1 Å². The van der Waals surface area contributed by atoms with Gasteiger partial charge >= 0.3 is 0 Å². The highest BCUT2D eigenvalue weighted by Gasteiger charge is 2.34. The lowest BCUT2D eigenvalue weighted by atomic mass is 10.1. The van der Waals surface area contributed by atoms with Crippen molar-refractivity contribution in [2.45, 2.75) is 19.4 Å². The molecule has 0 aromatic heterocycles. The zero-order valence-corrected chi connectivity index (χ0v) is 12.7. The Kier molecular flexibility index (Phi) is 6.06. The summed E-state index contributed by atoms with van der Waals surface area (Å²) in [6.07, 6.45) is 0.207. The molecule has 0 saturated carbocycles. The summed E-state index contributed by atoms with van der Waals surface area (Å²) < 4.78 is 10.6. The number of rotatable bonds is 9. The van der Waals surface area contributed by atoms with Gasteiger partial charge in [0.1, 0.15) is 0 Å². The molecule has 0 saturated heterocycles. The topological polar surface area (TPSA) is 76.1 Å². The first-order valence-corrected chi connectivity index (χ1v) is 7.44. The number of benzene rings is 1. The van der Waals surface area contributed by atoms with Crippen molar-refractivity contribution in [3.05, 3.63) is 35.4 Å². The molecule has 2 rings (SSSR count). The van der Waals surface area contributed by atoms with Crippen LogP contribution in [0.3, 0.4) is 0 Å². The van der Waals surface area contributed by atoms with E-state index >= 15 is 0 Å². The molecule has 6 heteroatoms. The maximum absolute atomic E-state index is 12.1. The molecule has 1 aromatic carbocycles. The lowest BCUT2D eigenvalue weighted by molar-refractivity contribution is 0.000488. The van der Waals surface area contributed by atoms with Crippen LogP contribution in [0.25, 0.3) is 0 Å². The summed E-state index contributed by atoms with van der Waals surface area (Å²) in [4.78, 5) is 25.4. The third-order valence-electron chi connectivity index (χ3n) is 3.49. The molecule has 2 amide bonds. The number of nitrogens with zero attached hydrogens (tertiary/aromatic N) is 1. The van der Waals surface area contributed by atoms with Crippen LogP contribution < -0.4 is 0 Å². The van der Waals surface area contributed by atoms with E-state index in [1.807, 2.05) is 6.92 Å². The average Bonchev–Trinajstić information content (AvgIpc) is 2.78. The van der Waals surface area contributed by atoms with Crippen LogP contribution in [0.4, 0.5) is 0 Å². The molecule has 22 heavy (non-hydrogen) atoms. The number of aliphatic hydroxyl groups excluding tert-OH is 1. The number of hydrogen-bond acceptors (Lipinski definition) is 5. The summed E-state index contributed by atoms with van der Waals surface area (Å²) in [5.74, 6) is -0.543. The van der Waals surface area contributed by atoms with E-state index in [1.54, 1.807) is 24.3 Å². The molecule has 0 radical (unpaired) electrons. The Morgan fingerprint density at radius 1 is 1.05 bits per heavy atom. The normalized spacial score (nSPS) is 15.3. The van der Waals surface area contributed by atoms with E-state index in [0.29, 0.717) is 30.8 Å². The lowest BCUT2D eigenvalue weighted by Crippen LogP contribution is -2.33. The fourth-order valence-corrected chi connectivity index (χ4v) is 2.16. The molecule has 1 unspecified atom stereocenters. The van der Waals surface area contributed by atoms with Gasteiger partial charge in [0.25, 0.3) is 11.8 Å². The maximum atomic E-state index is 12.1. The largest absolute Gasteiger partial charge is 0.391 e. The van der Waals surface area contributed by atoms with Gasteiger partial charge < -0.3 is 14.6 Å². The van der Waals surface area contributed by atoms with Gasteiger partial charge in [-0.3, -0.25) is 14.5 Å². The van der Waals surface area contributed by atoms with Crippen LogP contribution in [0.2, 0.25) is 0 Å². The molecule has 0 fully saturated rings. The van der Waals surface area contributed by atoms with Crippen LogP contribution in [0.5, 0.6) is 0 Å². The van der Waals surface area contributed by atoms with Gasteiger partial charge in [-0.2, -0.15) is 0 Å². The Balaban J connectivity index is 1.67.